The van der Waals surface area contributed by atoms with Crippen molar-refractivity contribution in [2.75, 3.05) is 5.75 Å². The minimum Gasteiger partial charge on any atom is -0.326 e. The summed E-state index contributed by atoms with van der Waals surface area (Å²) >= 11 is 1.40. The third-order valence-electron chi connectivity index (χ3n) is 3.97. The molecule has 0 saturated carbocycles. The number of thioether (sulfide) groups is 1. The van der Waals surface area contributed by atoms with Gasteiger partial charge in [-0.25, -0.2) is 4.98 Å². The van der Waals surface area contributed by atoms with Crippen molar-refractivity contribution in [2.24, 2.45) is 0 Å². The van der Waals surface area contributed by atoms with E-state index in [-0.39, 0.29) is 5.12 Å². The van der Waals surface area contributed by atoms with Crippen LogP contribution in [-0.4, -0.2) is 30.4 Å². The van der Waals surface area contributed by atoms with Gasteiger partial charge in [0.1, 0.15) is 16.9 Å². The highest BCUT2D eigenvalue weighted by molar-refractivity contribution is 8.13. The van der Waals surface area contributed by atoms with E-state index < -0.39 is 0 Å². The predicted molar refractivity (Wildman–Crippen MR) is 99.2 cm³/mol. The minimum absolute atomic E-state index is 0.191. The fourth-order valence-electron chi connectivity index (χ4n) is 2.92. The highest BCUT2D eigenvalue weighted by Crippen LogP contribution is 2.24. The fourth-order valence-corrected chi connectivity index (χ4v) is 3.55. The molecular formula is C18H22N4OS. The third kappa shape index (κ3) is 3.59. The molecule has 0 aliphatic carbocycles. The van der Waals surface area contributed by atoms with E-state index in [0.717, 1.165) is 65.9 Å². The van der Waals surface area contributed by atoms with Crippen LogP contribution in [0.15, 0.2) is 24.5 Å². The number of nitrogens with zero attached hydrogens (tertiary/aromatic N) is 4. The molecule has 0 spiro atoms. The molecular weight excluding hydrogens is 320 g/mol. The zero-order valence-electron chi connectivity index (χ0n) is 14.2. The van der Waals surface area contributed by atoms with Gasteiger partial charge in [-0.05, 0) is 31.4 Å². The van der Waals surface area contributed by atoms with Gasteiger partial charge in [0.15, 0.2) is 5.12 Å². The van der Waals surface area contributed by atoms with Crippen LogP contribution in [0.4, 0.5) is 0 Å². The Morgan fingerprint density at radius 2 is 2.12 bits per heavy atom. The maximum absolute atomic E-state index is 11.0. The first-order chi connectivity index (χ1) is 11.7. The van der Waals surface area contributed by atoms with Gasteiger partial charge in [-0.2, -0.15) is 0 Å². The van der Waals surface area contributed by atoms with E-state index in [1.165, 1.54) is 11.8 Å². The van der Waals surface area contributed by atoms with Crippen LogP contribution in [-0.2, 0) is 17.8 Å². The molecule has 0 aliphatic rings. The highest BCUT2D eigenvalue weighted by atomic mass is 32.2. The average Bonchev–Trinajstić information content (AvgIpc) is 2.92. The molecule has 6 heteroatoms. The summed E-state index contributed by atoms with van der Waals surface area (Å²) in [5.41, 5.74) is 3.83. The van der Waals surface area contributed by atoms with Crippen molar-refractivity contribution < 1.29 is 4.79 Å². The zero-order chi connectivity index (χ0) is 16.9. The molecule has 3 aromatic heterocycles. The number of carbonyl (C=O) groups excluding carboxylic acids is 1. The van der Waals surface area contributed by atoms with Crippen LogP contribution in [0.25, 0.3) is 22.1 Å². The van der Waals surface area contributed by atoms with Crippen molar-refractivity contribution in [3.8, 4) is 0 Å². The number of hydrogen-bond acceptors (Lipinski definition) is 5. The molecule has 0 aliphatic heterocycles. The Morgan fingerprint density at radius 3 is 2.92 bits per heavy atom. The van der Waals surface area contributed by atoms with E-state index in [0.29, 0.717) is 0 Å². The van der Waals surface area contributed by atoms with E-state index in [1.807, 2.05) is 24.5 Å². The summed E-state index contributed by atoms with van der Waals surface area (Å²) in [5.74, 6) is 1.98. The highest BCUT2D eigenvalue weighted by Gasteiger charge is 2.14. The molecule has 3 rings (SSSR count). The molecule has 5 nitrogen and oxygen atoms in total. The van der Waals surface area contributed by atoms with E-state index in [2.05, 4.69) is 21.5 Å². The van der Waals surface area contributed by atoms with Crippen LogP contribution < -0.4 is 0 Å². The van der Waals surface area contributed by atoms with Gasteiger partial charge in [-0.3, -0.25) is 14.8 Å². The first kappa shape index (κ1) is 16.9. The first-order valence-corrected chi connectivity index (χ1v) is 9.41. The second-order valence-corrected chi connectivity index (χ2v) is 7.11. The molecule has 0 aromatic carbocycles. The van der Waals surface area contributed by atoms with Crippen LogP contribution in [0.2, 0.25) is 0 Å². The summed E-state index contributed by atoms with van der Waals surface area (Å²) in [6.07, 6.45) is 7.71. The Kier molecular flexibility index (Phi) is 5.45. The maximum Gasteiger partial charge on any atom is 0.185 e. The van der Waals surface area contributed by atoms with E-state index in [1.54, 1.807) is 6.92 Å². The van der Waals surface area contributed by atoms with Crippen molar-refractivity contribution in [1.82, 2.24) is 19.5 Å². The van der Waals surface area contributed by atoms with Crippen LogP contribution in [0.1, 0.15) is 38.9 Å². The van der Waals surface area contributed by atoms with Gasteiger partial charge in [0.05, 0.1) is 17.2 Å². The Hall–Kier alpha value is -1.95. The predicted octanol–water partition coefficient (Wildman–Crippen LogP) is 3.99. The second-order valence-electron chi connectivity index (χ2n) is 5.84. The lowest BCUT2D eigenvalue weighted by Gasteiger charge is -2.09. The molecule has 0 saturated heterocycles. The number of imidazole rings is 1. The largest absolute Gasteiger partial charge is 0.326 e. The van der Waals surface area contributed by atoms with Crippen LogP contribution in [0, 0.1) is 0 Å². The van der Waals surface area contributed by atoms with Gasteiger partial charge >= 0.3 is 0 Å². The van der Waals surface area contributed by atoms with Crippen molar-refractivity contribution >= 4 is 38.9 Å². The van der Waals surface area contributed by atoms with Gasteiger partial charge < -0.3 is 4.57 Å². The number of pyridine rings is 2. The molecule has 24 heavy (non-hydrogen) atoms. The molecule has 3 aromatic rings. The number of hydrogen-bond donors (Lipinski definition) is 0. The SMILES string of the molecule is CCCc1nc2cnc3cccnc3c2n1CCCCSC(C)=O. The quantitative estimate of drug-likeness (QED) is 0.608. The summed E-state index contributed by atoms with van der Waals surface area (Å²) < 4.78 is 2.30. The number of rotatable bonds is 7. The maximum atomic E-state index is 11.0. The molecule has 0 bridgehead atoms. The molecule has 0 unspecified atom stereocenters. The molecule has 3 heterocycles. The summed E-state index contributed by atoms with van der Waals surface area (Å²) in [7, 11) is 0. The Bertz CT molecular complexity index is 859. The topological polar surface area (TPSA) is 60.7 Å². The van der Waals surface area contributed by atoms with Gasteiger partial charge in [0, 0.05) is 31.8 Å². The Balaban J connectivity index is 1.92. The molecule has 0 amide bonds. The van der Waals surface area contributed by atoms with Crippen LogP contribution in [0.5, 0.6) is 0 Å². The smallest absolute Gasteiger partial charge is 0.185 e. The van der Waals surface area contributed by atoms with Crippen molar-refractivity contribution in [3.63, 3.8) is 0 Å². The summed E-state index contributed by atoms with van der Waals surface area (Å²) in [6.45, 7) is 4.69. The summed E-state index contributed by atoms with van der Waals surface area (Å²) in [6, 6.07) is 3.90. The van der Waals surface area contributed by atoms with Crippen molar-refractivity contribution in [3.05, 3.63) is 30.4 Å². The summed E-state index contributed by atoms with van der Waals surface area (Å²) in [5, 5.41) is 0.191. The first-order valence-electron chi connectivity index (χ1n) is 8.43. The van der Waals surface area contributed by atoms with Crippen molar-refractivity contribution in [2.45, 2.75) is 46.1 Å². The molecule has 0 N–H and O–H groups in total. The van der Waals surface area contributed by atoms with Crippen molar-refractivity contribution in [1.29, 1.82) is 0 Å². The normalized spacial score (nSPS) is 11.4. The lowest BCUT2D eigenvalue weighted by Crippen LogP contribution is -2.05. The van der Waals surface area contributed by atoms with Gasteiger partial charge in [-0.15, -0.1) is 0 Å². The van der Waals surface area contributed by atoms with Gasteiger partial charge in [-0.1, -0.05) is 18.7 Å². The van der Waals surface area contributed by atoms with Crippen LogP contribution >= 0.6 is 11.8 Å². The second kappa shape index (κ2) is 7.75. The number of fused-ring (bicyclic) bond motifs is 3. The summed E-state index contributed by atoms with van der Waals surface area (Å²) in [4.78, 5) is 24.8. The average molecular weight is 342 g/mol. The van der Waals surface area contributed by atoms with Crippen LogP contribution in [0.3, 0.4) is 0 Å². The molecule has 0 radical (unpaired) electrons. The van der Waals surface area contributed by atoms with E-state index in [9.17, 15) is 4.79 Å². The number of aromatic nitrogens is 4. The molecule has 0 fully saturated rings. The number of carbonyl (C=O) groups is 1. The Labute approximate surface area is 145 Å². The number of unbranched alkanes of at least 4 members (excludes halogenated alkanes) is 1. The van der Waals surface area contributed by atoms with Gasteiger partial charge in [0.2, 0.25) is 0 Å². The lowest BCUT2D eigenvalue weighted by molar-refractivity contribution is -0.109. The Morgan fingerprint density at radius 1 is 1.25 bits per heavy atom. The third-order valence-corrected chi connectivity index (χ3v) is 4.86. The lowest BCUT2D eigenvalue weighted by atomic mass is 10.2. The van der Waals surface area contributed by atoms with E-state index in [4.69, 9.17) is 4.98 Å². The van der Waals surface area contributed by atoms with E-state index >= 15 is 0 Å². The minimum atomic E-state index is 0.191. The monoisotopic (exact) mass is 342 g/mol. The zero-order valence-corrected chi connectivity index (χ0v) is 15.0. The fraction of sp³-hybridized carbons (Fsp3) is 0.444. The molecule has 0 atom stereocenters. The van der Waals surface area contributed by atoms with Gasteiger partial charge in [0.25, 0.3) is 0 Å². The molecule has 126 valence electrons. The standard InChI is InChI=1S/C18H22N4OS/c1-3-7-16-21-15-12-20-14-8-6-9-19-17(14)18(15)22(16)10-4-5-11-24-13(2)23/h6,8-9,12H,3-5,7,10-11H2,1-2H3. The number of aryl methyl sites for hydroxylation is 2.